The third kappa shape index (κ3) is 5.61. The predicted molar refractivity (Wildman–Crippen MR) is 106 cm³/mol. The number of rotatable bonds is 9. The van der Waals surface area contributed by atoms with Crippen molar-refractivity contribution in [2.75, 3.05) is 26.1 Å². The number of amides is 1. The van der Waals surface area contributed by atoms with Crippen LogP contribution in [0.25, 0.3) is 0 Å². The predicted octanol–water partition coefficient (Wildman–Crippen LogP) is 2.41. The average molecular weight is 408 g/mol. The topological polar surface area (TPSA) is 103 Å². The van der Waals surface area contributed by atoms with Crippen molar-refractivity contribution in [1.29, 1.82) is 0 Å². The zero-order chi connectivity index (χ0) is 20.7. The number of carbonyl (C=O) groups excluding carboxylic acids is 1. The summed E-state index contributed by atoms with van der Waals surface area (Å²) in [5.74, 6) is 0.773. The molecule has 0 atom stereocenters. The van der Waals surface area contributed by atoms with Crippen molar-refractivity contribution in [1.82, 2.24) is 4.72 Å². The Labute approximate surface area is 164 Å². The second-order valence-corrected chi connectivity index (χ2v) is 7.84. The van der Waals surface area contributed by atoms with E-state index in [1.807, 2.05) is 0 Å². The van der Waals surface area contributed by atoms with Gasteiger partial charge in [0.25, 0.3) is 5.91 Å². The number of nitrogens with one attached hydrogen (secondary N) is 2. The molecule has 0 spiro atoms. The Morgan fingerprint density at radius 1 is 1.00 bits per heavy atom. The molecular weight excluding hydrogens is 384 g/mol. The van der Waals surface area contributed by atoms with E-state index in [0.29, 0.717) is 17.2 Å². The first-order valence-electron chi connectivity index (χ1n) is 8.53. The first-order valence-corrected chi connectivity index (χ1v) is 10.0. The molecule has 1 amide bonds. The molecule has 0 unspecified atom stereocenters. The molecule has 9 heteroatoms. The third-order valence-corrected chi connectivity index (χ3v) is 5.23. The van der Waals surface area contributed by atoms with Gasteiger partial charge < -0.3 is 19.5 Å². The van der Waals surface area contributed by atoms with Gasteiger partial charge in [0.15, 0.2) is 18.1 Å². The zero-order valence-corrected chi connectivity index (χ0v) is 17.0. The van der Waals surface area contributed by atoms with Crippen LogP contribution in [0.5, 0.6) is 17.2 Å². The summed E-state index contributed by atoms with van der Waals surface area (Å²) in [4.78, 5) is 12.3. The van der Waals surface area contributed by atoms with E-state index in [2.05, 4.69) is 10.0 Å². The van der Waals surface area contributed by atoms with Gasteiger partial charge in [-0.15, -0.1) is 0 Å². The van der Waals surface area contributed by atoms with E-state index in [9.17, 15) is 13.2 Å². The fourth-order valence-electron chi connectivity index (χ4n) is 2.40. The number of methoxy groups -OCH3 is 2. The number of hydrogen-bond acceptors (Lipinski definition) is 6. The summed E-state index contributed by atoms with van der Waals surface area (Å²) in [6.45, 7) is 3.16. The summed E-state index contributed by atoms with van der Waals surface area (Å²) in [5.41, 5.74) is 0.225. The molecule has 2 aromatic rings. The lowest BCUT2D eigenvalue weighted by Gasteiger charge is -2.14. The van der Waals surface area contributed by atoms with Crippen molar-refractivity contribution in [3.8, 4) is 17.2 Å². The minimum atomic E-state index is -3.71. The maximum Gasteiger partial charge on any atom is 0.262 e. The number of hydrogen-bond donors (Lipinski definition) is 2. The van der Waals surface area contributed by atoms with E-state index in [4.69, 9.17) is 14.2 Å². The molecule has 0 saturated heterocycles. The fraction of sp³-hybridized carbons (Fsp3) is 0.316. The third-order valence-electron chi connectivity index (χ3n) is 3.57. The van der Waals surface area contributed by atoms with Crippen LogP contribution in [0.2, 0.25) is 0 Å². The number of benzene rings is 2. The smallest absolute Gasteiger partial charge is 0.262 e. The number of para-hydroxylation sites is 2. The average Bonchev–Trinajstić information content (AvgIpc) is 2.65. The van der Waals surface area contributed by atoms with Crippen molar-refractivity contribution in [2.24, 2.45) is 0 Å². The fourth-order valence-corrected chi connectivity index (χ4v) is 3.67. The molecule has 0 bridgehead atoms. The number of anilines is 1. The summed E-state index contributed by atoms with van der Waals surface area (Å²) in [6.07, 6.45) is 0. The lowest BCUT2D eigenvalue weighted by Crippen LogP contribution is -2.30. The van der Waals surface area contributed by atoms with E-state index in [-0.39, 0.29) is 23.2 Å². The molecule has 28 heavy (non-hydrogen) atoms. The van der Waals surface area contributed by atoms with Crippen LogP contribution in [0.1, 0.15) is 13.8 Å². The minimum Gasteiger partial charge on any atom is -0.495 e. The molecule has 0 radical (unpaired) electrons. The van der Waals surface area contributed by atoms with Crippen LogP contribution in [0, 0.1) is 0 Å². The molecule has 8 nitrogen and oxygen atoms in total. The summed E-state index contributed by atoms with van der Waals surface area (Å²) in [7, 11) is -0.780. The molecule has 0 aliphatic rings. The van der Waals surface area contributed by atoms with Crippen molar-refractivity contribution >= 4 is 21.6 Å². The quantitative estimate of drug-likeness (QED) is 0.661. The van der Waals surface area contributed by atoms with Crippen LogP contribution >= 0.6 is 0 Å². The van der Waals surface area contributed by atoms with Gasteiger partial charge in [-0.1, -0.05) is 12.1 Å². The van der Waals surface area contributed by atoms with Gasteiger partial charge >= 0.3 is 0 Å². The Morgan fingerprint density at radius 3 is 2.25 bits per heavy atom. The lowest BCUT2D eigenvalue weighted by atomic mass is 10.3. The number of ether oxygens (including phenoxy) is 3. The van der Waals surface area contributed by atoms with E-state index in [0.717, 1.165) is 0 Å². The van der Waals surface area contributed by atoms with Crippen molar-refractivity contribution in [3.63, 3.8) is 0 Å². The van der Waals surface area contributed by atoms with Gasteiger partial charge in [0.1, 0.15) is 5.75 Å². The molecule has 0 aliphatic carbocycles. The van der Waals surface area contributed by atoms with Crippen molar-refractivity contribution < 1.29 is 27.4 Å². The molecule has 2 N–H and O–H groups in total. The monoisotopic (exact) mass is 408 g/mol. The molecule has 152 valence electrons. The lowest BCUT2D eigenvalue weighted by molar-refractivity contribution is -0.118. The maximum absolute atomic E-state index is 12.4. The molecular formula is C19H24N2O6S. The Morgan fingerprint density at radius 2 is 1.64 bits per heavy atom. The van der Waals surface area contributed by atoms with E-state index >= 15 is 0 Å². The van der Waals surface area contributed by atoms with Crippen LogP contribution < -0.4 is 24.2 Å². The van der Waals surface area contributed by atoms with Gasteiger partial charge in [0.2, 0.25) is 10.0 Å². The SMILES string of the molecule is COc1ccc(S(=O)(=O)NC(C)C)cc1NC(=O)COc1ccccc1OC. The Balaban J connectivity index is 2.15. The highest BCUT2D eigenvalue weighted by atomic mass is 32.2. The first kappa shape index (κ1) is 21.5. The van der Waals surface area contributed by atoms with Crippen LogP contribution in [0.3, 0.4) is 0 Å². The Kier molecular flexibility index (Phi) is 7.24. The van der Waals surface area contributed by atoms with Crippen LogP contribution in [0.4, 0.5) is 5.69 Å². The number of sulfonamides is 1. The van der Waals surface area contributed by atoms with E-state index < -0.39 is 15.9 Å². The highest BCUT2D eigenvalue weighted by Gasteiger charge is 2.18. The molecule has 0 fully saturated rings. The second-order valence-electron chi connectivity index (χ2n) is 6.13. The van der Waals surface area contributed by atoms with Gasteiger partial charge in [0, 0.05) is 6.04 Å². The minimum absolute atomic E-state index is 0.0166. The molecule has 2 rings (SSSR count). The Hall–Kier alpha value is -2.78. The van der Waals surface area contributed by atoms with Gasteiger partial charge in [-0.2, -0.15) is 0 Å². The largest absolute Gasteiger partial charge is 0.495 e. The van der Waals surface area contributed by atoms with Gasteiger partial charge in [-0.25, -0.2) is 13.1 Å². The van der Waals surface area contributed by atoms with Gasteiger partial charge in [-0.3, -0.25) is 4.79 Å². The highest BCUT2D eigenvalue weighted by Crippen LogP contribution is 2.28. The van der Waals surface area contributed by atoms with Gasteiger partial charge in [0.05, 0.1) is 24.8 Å². The molecule has 0 aromatic heterocycles. The zero-order valence-electron chi connectivity index (χ0n) is 16.2. The summed E-state index contributed by atoms with van der Waals surface area (Å²) >= 11 is 0. The molecule has 0 saturated carbocycles. The first-order chi connectivity index (χ1) is 13.3. The molecule has 2 aromatic carbocycles. The van der Waals surface area contributed by atoms with E-state index in [1.54, 1.807) is 38.1 Å². The van der Waals surface area contributed by atoms with Crippen LogP contribution in [-0.2, 0) is 14.8 Å². The summed E-state index contributed by atoms with van der Waals surface area (Å²) < 4.78 is 43.1. The molecule has 0 heterocycles. The summed E-state index contributed by atoms with van der Waals surface area (Å²) in [6, 6.07) is 10.9. The highest BCUT2D eigenvalue weighted by molar-refractivity contribution is 7.89. The normalized spacial score (nSPS) is 11.2. The standard InChI is InChI=1S/C19H24N2O6S/c1-13(2)21-28(23,24)14-9-10-16(25-3)15(11-14)20-19(22)12-27-18-8-6-5-7-17(18)26-4/h5-11,13,21H,12H2,1-4H3,(H,20,22). The van der Waals surface area contributed by atoms with E-state index in [1.165, 1.54) is 32.4 Å². The van der Waals surface area contributed by atoms with Crippen LogP contribution in [-0.4, -0.2) is 41.2 Å². The van der Waals surface area contributed by atoms with Crippen molar-refractivity contribution in [2.45, 2.75) is 24.8 Å². The second kappa shape index (κ2) is 9.43. The maximum atomic E-state index is 12.4. The molecule has 0 aliphatic heterocycles. The van der Waals surface area contributed by atoms with Crippen molar-refractivity contribution in [3.05, 3.63) is 42.5 Å². The Bertz CT molecular complexity index is 928. The number of carbonyl (C=O) groups is 1. The van der Waals surface area contributed by atoms with Crippen LogP contribution in [0.15, 0.2) is 47.4 Å². The summed E-state index contributed by atoms with van der Waals surface area (Å²) in [5, 5.41) is 2.61. The van der Waals surface area contributed by atoms with Gasteiger partial charge in [-0.05, 0) is 44.2 Å².